The summed E-state index contributed by atoms with van der Waals surface area (Å²) in [7, 11) is 0. The van der Waals surface area contributed by atoms with Gasteiger partial charge in [-0.3, -0.25) is 4.79 Å². The number of aromatic hydroxyl groups is 1. The Kier molecular flexibility index (Phi) is 5.13. The number of carbonyl (C=O) groups is 1. The Hall–Kier alpha value is -1.96. The first-order valence-electron chi connectivity index (χ1n) is 6.94. The highest BCUT2D eigenvalue weighted by Gasteiger charge is 2.14. The molecule has 0 saturated carbocycles. The Morgan fingerprint density at radius 2 is 1.92 bits per heavy atom. The van der Waals surface area contributed by atoms with Gasteiger partial charge in [-0.2, -0.15) is 0 Å². The van der Waals surface area contributed by atoms with Crippen LogP contribution in [0.15, 0.2) is 68.2 Å². The maximum Gasteiger partial charge on any atom is 0.265 e. The molecule has 0 saturated heterocycles. The monoisotopic (exact) mass is 420 g/mol. The molecule has 4 nitrogen and oxygen atoms in total. The lowest BCUT2D eigenvalue weighted by atomic mass is 10.3. The van der Waals surface area contributed by atoms with Gasteiger partial charge in [-0.1, -0.05) is 33.8 Å². The summed E-state index contributed by atoms with van der Waals surface area (Å²) in [5.74, 6) is 0.0231. The molecule has 0 atom stereocenters. The molecule has 0 aliphatic carbocycles. The van der Waals surface area contributed by atoms with Gasteiger partial charge < -0.3 is 16.2 Å². The first-order chi connectivity index (χ1) is 11.5. The lowest BCUT2D eigenvalue weighted by Crippen LogP contribution is -2.09. The molecule has 0 spiro atoms. The number of hydrogen-bond donors (Lipinski definition) is 3. The molecule has 3 rings (SSSR count). The number of rotatable bonds is 4. The number of thiophene rings is 1. The van der Waals surface area contributed by atoms with Crippen molar-refractivity contribution >= 4 is 56.3 Å². The lowest BCUT2D eigenvalue weighted by Gasteiger charge is -2.03. The zero-order valence-electron chi connectivity index (χ0n) is 12.3. The summed E-state index contributed by atoms with van der Waals surface area (Å²) in [6, 6.07) is 15.9. The standard InChI is InChI=1S/C17H13BrN2O2S2/c18-10-2-1-3-11(8-10)20-16(22)15-9-14(19)17(24-15)23-13-6-4-12(21)5-7-13/h1-9,21H,19H2,(H,20,22). The van der Waals surface area contributed by atoms with E-state index < -0.39 is 0 Å². The lowest BCUT2D eigenvalue weighted by molar-refractivity contribution is 0.103. The average molecular weight is 421 g/mol. The third-order valence-corrected chi connectivity index (χ3v) is 5.94. The number of anilines is 2. The zero-order valence-corrected chi connectivity index (χ0v) is 15.5. The third-order valence-electron chi connectivity index (χ3n) is 3.08. The summed E-state index contributed by atoms with van der Waals surface area (Å²) >= 11 is 6.18. The second-order valence-electron chi connectivity index (χ2n) is 4.91. The number of nitrogen functional groups attached to an aromatic ring is 1. The highest BCUT2D eigenvalue weighted by molar-refractivity contribution is 9.10. The number of nitrogens with one attached hydrogen (secondary N) is 1. The van der Waals surface area contributed by atoms with E-state index >= 15 is 0 Å². The average Bonchev–Trinajstić information content (AvgIpc) is 2.91. The van der Waals surface area contributed by atoms with Crippen molar-refractivity contribution < 1.29 is 9.90 Å². The number of carbonyl (C=O) groups excluding carboxylic acids is 1. The van der Waals surface area contributed by atoms with Gasteiger partial charge in [0.1, 0.15) is 5.75 Å². The van der Waals surface area contributed by atoms with E-state index in [-0.39, 0.29) is 11.7 Å². The highest BCUT2D eigenvalue weighted by atomic mass is 79.9. The van der Waals surface area contributed by atoms with Crippen molar-refractivity contribution in [1.29, 1.82) is 0 Å². The molecule has 24 heavy (non-hydrogen) atoms. The Morgan fingerprint density at radius 3 is 2.62 bits per heavy atom. The Bertz CT molecular complexity index is 879. The van der Waals surface area contributed by atoms with Crippen molar-refractivity contribution in [3.8, 4) is 5.75 Å². The molecular weight excluding hydrogens is 408 g/mol. The van der Waals surface area contributed by atoms with Crippen LogP contribution in [0.4, 0.5) is 11.4 Å². The second kappa shape index (κ2) is 7.29. The van der Waals surface area contributed by atoms with E-state index in [9.17, 15) is 9.90 Å². The molecule has 122 valence electrons. The molecule has 1 heterocycles. The first-order valence-corrected chi connectivity index (χ1v) is 9.37. The molecule has 1 amide bonds. The van der Waals surface area contributed by atoms with Crippen LogP contribution in [0.3, 0.4) is 0 Å². The minimum absolute atomic E-state index is 0.192. The van der Waals surface area contributed by atoms with Gasteiger partial charge in [-0.05, 0) is 48.5 Å². The van der Waals surface area contributed by atoms with Gasteiger partial charge in [0.05, 0.1) is 14.8 Å². The Labute approximate surface area is 155 Å². The molecule has 1 aromatic heterocycles. The minimum Gasteiger partial charge on any atom is -0.508 e. The van der Waals surface area contributed by atoms with Crippen LogP contribution >= 0.6 is 39.0 Å². The van der Waals surface area contributed by atoms with Crippen molar-refractivity contribution in [2.45, 2.75) is 9.10 Å². The summed E-state index contributed by atoms with van der Waals surface area (Å²) in [5, 5.41) is 12.2. The fraction of sp³-hybridized carbons (Fsp3) is 0. The molecule has 0 radical (unpaired) electrons. The Balaban J connectivity index is 1.75. The molecule has 0 aliphatic rings. The number of phenols is 1. The summed E-state index contributed by atoms with van der Waals surface area (Å²) in [6.07, 6.45) is 0. The van der Waals surface area contributed by atoms with Gasteiger partial charge in [0.25, 0.3) is 5.91 Å². The van der Waals surface area contributed by atoms with E-state index in [4.69, 9.17) is 5.73 Å². The first kappa shape index (κ1) is 16.9. The SMILES string of the molecule is Nc1cc(C(=O)Nc2cccc(Br)c2)sc1Sc1ccc(O)cc1. The second-order valence-corrected chi connectivity index (χ2v) is 8.22. The van der Waals surface area contributed by atoms with Crippen molar-refractivity contribution in [3.05, 3.63) is 63.9 Å². The van der Waals surface area contributed by atoms with E-state index in [1.807, 2.05) is 24.3 Å². The van der Waals surface area contributed by atoms with Gasteiger partial charge in [-0.25, -0.2) is 0 Å². The van der Waals surface area contributed by atoms with Crippen molar-refractivity contribution in [2.24, 2.45) is 0 Å². The van der Waals surface area contributed by atoms with Crippen LogP contribution in [0.1, 0.15) is 9.67 Å². The summed E-state index contributed by atoms with van der Waals surface area (Å²) < 4.78 is 1.75. The molecular formula is C17H13BrN2O2S2. The number of hydrogen-bond acceptors (Lipinski definition) is 5. The predicted octanol–water partition coefficient (Wildman–Crippen LogP) is 5.20. The third kappa shape index (κ3) is 4.11. The predicted molar refractivity (Wildman–Crippen MR) is 103 cm³/mol. The number of benzene rings is 2. The highest BCUT2D eigenvalue weighted by Crippen LogP contribution is 2.39. The quantitative estimate of drug-likeness (QED) is 0.541. The molecule has 2 aromatic carbocycles. The molecule has 0 unspecified atom stereocenters. The minimum atomic E-state index is -0.192. The fourth-order valence-corrected chi connectivity index (χ4v) is 4.45. The van der Waals surface area contributed by atoms with Crippen LogP contribution in [0.5, 0.6) is 5.75 Å². The van der Waals surface area contributed by atoms with Gasteiger partial charge in [0.15, 0.2) is 0 Å². The van der Waals surface area contributed by atoms with Gasteiger partial charge >= 0.3 is 0 Å². The van der Waals surface area contributed by atoms with Gasteiger partial charge in [-0.15, -0.1) is 11.3 Å². The Morgan fingerprint density at radius 1 is 1.17 bits per heavy atom. The van der Waals surface area contributed by atoms with Crippen LogP contribution in [-0.4, -0.2) is 11.0 Å². The van der Waals surface area contributed by atoms with E-state index in [1.165, 1.54) is 23.1 Å². The number of halogens is 1. The van der Waals surface area contributed by atoms with Crippen LogP contribution in [0.2, 0.25) is 0 Å². The van der Waals surface area contributed by atoms with Gasteiger partial charge in [0, 0.05) is 15.1 Å². The molecule has 4 N–H and O–H groups in total. The van der Waals surface area contributed by atoms with Crippen LogP contribution in [0, 0.1) is 0 Å². The van der Waals surface area contributed by atoms with Crippen molar-refractivity contribution in [1.82, 2.24) is 0 Å². The van der Waals surface area contributed by atoms with Crippen LogP contribution in [0.25, 0.3) is 0 Å². The maximum atomic E-state index is 12.4. The molecule has 7 heteroatoms. The maximum absolute atomic E-state index is 12.4. The van der Waals surface area contributed by atoms with Crippen LogP contribution < -0.4 is 11.1 Å². The van der Waals surface area contributed by atoms with E-state index in [1.54, 1.807) is 30.3 Å². The smallest absolute Gasteiger partial charge is 0.265 e. The fourth-order valence-electron chi connectivity index (χ4n) is 1.96. The topological polar surface area (TPSA) is 75.4 Å². The molecule has 0 fully saturated rings. The largest absolute Gasteiger partial charge is 0.508 e. The van der Waals surface area contributed by atoms with E-state index in [2.05, 4.69) is 21.2 Å². The normalized spacial score (nSPS) is 10.5. The molecule has 0 aliphatic heterocycles. The number of phenolic OH excluding ortho intramolecular Hbond substituents is 1. The van der Waals surface area contributed by atoms with Crippen LogP contribution in [-0.2, 0) is 0 Å². The van der Waals surface area contributed by atoms with E-state index in [0.29, 0.717) is 16.3 Å². The van der Waals surface area contributed by atoms with Crippen molar-refractivity contribution in [3.63, 3.8) is 0 Å². The number of amides is 1. The molecule has 0 bridgehead atoms. The zero-order chi connectivity index (χ0) is 17.1. The number of nitrogens with two attached hydrogens (primary N) is 1. The van der Waals surface area contributed by atoms with Crippen molar-refractivity contribution in [2.75, 3.05) is 11.1 Å². The van der Waals surface area contributed by atoms with Gasteiger partial charge in [0.2, 0.25) is 0 Å². The summed E-state index contributed by atoms with van der Waals surface area (Å²) in [6.45, 7) is 0. The molecule has 3 aromatic rings. The summed E-state index contributed by atoms with van der Waals surface area (Å²) in [4.78, 5) is 13.9. The summed E-state index contributed by atoms with van der Waals surface area (Å²) in [5.41, 5.74) is 7.31. The van der Waals surface area contributed by atoms with E-state index in [0.717, 1.165) is 13.6 Å².